The molecule has 0 spiro atoms. The van der Waals surface area contributed by atoms with Gasteiger partial charge < -0.3 is 10.4 Å². The van der Waals surface area contributed by atoms with Gasteiger partial charge in [0.05, 0.1) is 0 Å². The first-order valence-electron chi connectivity index (χ1n) is 5.08. The lowest BCUT2D eigenvalue weighted by Gasteiger charge is -2.14. The molecule has 0 aliphatic heterocycles. The van der Waals surface area contributed by atoms with Crippen LogP contribution in [0.5, 0.6) is 0 Å². The summed E-state index contributed by atoms with van der Waals surface area (Å²) in [4.78, 5) is 11.7. The number of aliphatic hydroxyl groups excluding tert-OH is 1. The van der Waals surface area contributed by atoms with E-state index in [4.69, 9.17) is 16.7 Å². The number of rotatable bonds is 5. The molecule has 0 aliphatic carbocycles. The molecule has 1 heterocycles. The normalized spacial score (nSPS) is 12.2. The first-order valence-corrected chi connectivity index (χ1v) is 5.46. The van der Waals surface area contributed by atoms with Gasteiger partial charge in [-0.3, -0.25) is 4.79 Å². The van der Waals surface area contributed by atoms with Gasteiger partial charge in [0.15, 0.2) is 10.8 Å². The number of aliphatic hydroxyl groups is 1. The van der Waals surface area contributed by atoms with Crippen molar-refractivity contribution in [3.05, 3.63) is 23.0 Å². The summed E-state index contributed by atoms with van der Waals surface area (Å²) in [6.07, 6.45) is 1.29. The van der Waals surface area contributed by atoms with E-state index in [0.29, 0.717) is 6.42 Å². The number of hydrogen-bond acceptors (Lipinski definition) is 4. The van der Waals surface area contributed by atoms with Crippen molar-refractivity contribution in [2.45, 2.75) is 25.8 Å². The molecule has 1 aromatic heterocycles. The zero-order chi connectivity index (χ0) is 12.0. The summed E-state index contributed by atoms with van der Waals surface area (Å²) < 4.78 is 0. The Hall–Kier alpha value is -1.20. The zero-order valence-electron chi connectivity index (χ0n) is 8.98. The Bertz CT molecular complexity index is 342. The molecule has 16 heavy (non-hydrogen) atoms. The number of carbonyl (C=O) groups excluding carboxylic acids is 1. The molecular weight excluding hydrogens is 230 g/mol. The van der Waals surface area contributed by atoms with Gasteiger partial charge in [-0.25, -0.2) is 0 Å². The predicted molar refractivity (Wildman–Crippen MR) is 60.3 cm³/mol. The maximum absolute atomic E-state index is 11.7. The molecule has 1 unspecified atom stereocenters. The SMILES string of the molecule is CCC(CCO)NC(=O)c1ccc(Cl)nn1. The van der Waals surface area contributed by atoms with Gasteiger partial charge in [0, 0.05) is 12.6 Å². The van der Waals surface area contributed by atoms with Crippen LogP contribution in [0.2, 0.25) is 5.15 Å². The molecule has 1 rings (SSSR count). The Morgan fingerprint density at radius 1 is 1.56 bits per heavy atom. The van der Waals surface area contributed by atoms with E-state index in [1.54, 1.807) is 0 Å². The van der Waals surface area contributed by atoms with Crippen molar-refractivity contribution in [1.29, 1.82) is 0 Å². The Morgan fingerprint density at radius 2 is 2.31 bits per heavy atom. The Morgan fingerprint density at radius 3 is 2.81 bits per heavy atom. The highest BCUT2D eigenvalue weighted by molar-refractivity contribution is 6.29. The molecule has 0 aromatic carbocycles. The lowest BCUT2D eigenvalue weighted by Crippen LogP contribution is -2.35. The monoisotopic (exact) mass is 243 g/mol. The van der Waals surface area contributed by atoms with E-state index in [1.807, 2.05) is 6.92 Å². The Kier molecular flexibility index (Phi) is 5.14. The minimum Gasteiger partial charge on any atom is -0.396 e. The Labute approximate surface area is 98.8 Å². The largest absolute Gasteiger partial charge is 0.396 e. The predicted octanol–water partition coefficient (Wildman–Crippen LogP) is 1.02. The summed E-state index contributed by atoms with van der Waals surface area (Å²) in [5.41, 5.74) is 0.223. The van der Waals surface area contributed by atoms with Gasteiger partial charge in [0.25, 0.3) is 5.91 Å². The van der Waals surface area contributed by atoms with Gasteiger partial charge in [-0.1, -0.05) is 18.5 Å². The van der Waals surface area contributed by atoms with Crippen LogP contribution in [-0.4, -0.2) is 33.9 Å². The lowest BCUT2D eigenvalue weighted by molar-refractivity contribution is 0.0923. The lowest BCUT2D eigenvalue weighted by atomic mass is 10.1. The molecule has 0 radical (unpaired) electrons. The van der Waals surface area contributed by atoms with Crippen molar-refractivity contribution in [3.63, 3.8) is 0 Å². The van der Waals surface area contributed by atoms with E-state index in [1.165, 1.54) is 12.1 Å². The van der Waals surface area contributed by atoms with Crippen LogP contribution in [0, 0.1) is 0 Å². The number of nitrogens with one attached hydrogen (secondary N) is 1. The van der Waals surface area contributed by atoms with Crippen LogP contribution in [0.4, 0.5) is 0 Å². The first kappa shape index (κ1) is 12.9. The van der Waals surface area contributed by atoms with Crippen LogP contribution in [0.25, 0.3) is 0 Å². The number of amides is 1. The molecule has 0 aliphatic rings. The van der Waals surface area contributed by atoms with Crippen LogP contribution in [0.1, 0.15) is 30.3 Å². The molecule has 0 saturated heterocycles. The summed E-state index contributed by atoms with van der Waals surface area (Å²) in [6, 6.07) is 2.97. The second-order valence-corrected chi connectivity index (χ2v) is 3.72. The van der Waals surface area contributed by atoms with E-state index in [-0.39, 0.29) is 29.4 Å². The van der Waals surface area contributed by atoms with Gasteiger partial charge in [0.2, 0.25) is 0 Å². The molecule has 1 amide bonds. The minimum atomic E-state index is -0.301. The van der Waals surface area contributed by atoms with E-state index in [0.717, 1.165) is 6.42 Å². The number of halogens is 1. The second-order valence-electron chi connectivity index (χ2n) is 3.33. The second kappa shape index (κ2) is 6.40. The van der Waals surface area contributed by atoms with Gasteiger partial charge >= 0.3 is 0 Å². The zero-order valence-corrected chi connectivity index (χ0v) is 9.74. The van der Waals surface area contributed by atoms with Crippen LogP contribution in [-0.2, 0) is 0 Å². The van der Waals surface area contributed by atoms with Crippen molar-refractivity contribution >= 4 is 17.5 Å². The fourth-order valence-electron chi connectivity index (χ4n) is 1.23. The third-order valence-electron chi connectivity index (χ3n) is 2.17. The molecule has 5 nitrogen and oxygen atoms in total. The topological polar surface area (TPSA) is 75.1 Å². The highest BCUT2D eigenvalue weighted by atomic mass is 35.5. The quantitative estimate of drug-likeness (QED) is 0.810. The van der Waals surface area contributed by atoms with E-state index >= 15 is 0 Å². The smallest absolute Gasteiger partial charge is 0.272 e. The van der Waals surface area contributed by atoms with E-state index in [2.05, 4.69) is 15.5 Å². The molecule has 2 N–H and O–H groups in total. The third kappa shape index (κ3) is 3.75. The molecule has 6 heteroatoms. The highest BCUT2D eigenvalue weighted by Crippen LogP contribution is 2.03. The number of aromatic nitrogens is 2. The molecule has 1 atom stereocenters. The van der Waals surface area contributed by atoms with Crippen LogP contribution < -0.4 is 5.32 Å². The van der Waals surface area contributed by atoms with Crippen LogP contribution in [0.15, 0.2) is 12.1 Å². The molecule has 88 valence electrons. The first-order chi connectivity index (χ1) is 7.67. The van der Waals surface area contributed by atoms with Crippen LogP contribution in [0.3, 0.4) is 0 Å². The average Bonchev–Trinajstić information content (AvgIpc) is 2.29. The standard InChI is InChI=1S/C10H14ClN3O2/c1-2-7(5-6-15)12-10(16)8-3-4-9(11)14-13-8/h3-4,7,15H,2,5-6H2,1H3,(H,12,16). The molecular formula is C10H14ClN3O2. The third-order valence-corrected chi connectivity index (χ3v) is 2.37. The molecule has 0 fully saturated rings. The molecule has 0 bridgehead atoms. The highest BCUT2D eigenvalue weighted by Gasteiger charge is 2.13. The minimum absolute atomic E-state index is 0.0463. The fourth-order valence-corrected chi connectivity index (χ4v) is 1.33. The number of nitrogens with zero attached hydrogens (tertiary/aromatic N) is 2. The van der Waals surface area contributed by atoms with Gasteiger partial charge in [-0.2, -0.15) is 0 Å². The summed E-state index contributed by atoms with van der Waals surface area (Å²) in [5, 5.41) is 19.1. The fraction of sp³-hybridized carbons (Fsp3) is 0.500. The molecule has 1 aromatic rings. The van der Waals surface area contributed by atoms with Crippen molar-refractivity contribution in [1.82, 2.24) is 15.5 Å². The van der Waals surface area contributed by atoms with Gasteiger partial charge in [-0.05, 0) is 25.0 Å². The average molecular weight is 244 g/mol. The number of carbonyl (C=O) groups is 1. The van der Waals surface area contributed by atoms with Crippen LogP contribution >= 0.6 is 11.6 Å². The van der Waals surface area contributed by atoms with Crippen molar-refractivity contribution in [2.24, 2.45) is 0 Å². The van der Waals surface area contributed by atoms with Crippen molar-refractivity contribution < 1.29 is 9.90 Å². The molecule has 0 saturated carbocycles. The van der Waals surface area contributed by atoms with Crippen molar-refractivity contribution in [3.8, 4) is 0 Å². The van der Waals surface area contributed by atoms with Crippen molar-refractivity contribution in [2.75, 3.05) is 6.61 Å². The van der Waals surface area contributed by atoms with Gasteiger partial charge in [-0.15, -0.1) is 10.2 Å². The summed E-state index contributed by atoms with van der Waals surface area (Å²) in [7, 11) is 0. The maximum Gasteiger partial charge on any atom is 0.272 e. The summed E-state index contributed by atoms with van der Waals surface area (Å²) in [5.74, 6) is -0.301. The Balaban J connectivity index is 2.60. The van der Waals surface area contributed by atoms with Gasteiger partial charge in [0.1, 0.15) is 0 Å². The van der Waals surface area contributed by atoms with E-state index < -0.39 is 0 Å². The van der Waals surface area contributed by atoms with E-state index in [9.17, 15) is 4.79 Å². The maximum atomic E-state index is 11.7. The summed E-state index contributed by atoms with van der Waals surface area (Å²) >= 11 is 5.56. The number of hydrogen-bond donors (Lipinski definition) is 2. The summed E-state index contributed by atoms with van der Waals surface area (Å²) in [6.45, 7) is 1.99.